The van der Waals surface area contributed by atoms with Crippen LogP contribution in [0.5, 0.6) is 5.75 Å². The molecule has 0 radical (unpaired) electrons. The fourth-order valence-corrected chi connectivity index (χ4v) is 1.83. The average Bonchev–Trinajstić information content (AvgIpc) is 2.45. The number of ether oxygens (including phenoxy) is 1. The number of carbonyl (C=O) groups excluding carboxylic acids is 1. The van der Waals surface area contributed by atoms with E-state index in [4.69, 9.17) is 9.84 Å². The van der Waals surface area contributed by atoms with Gasteiger partial charge in [0, 0.05) is 18.2 Å². The molecule has 0 atom stereocenters. The second-order valence-electron chi connectivity index (χ2n) is 4.88. The molecule has 1 aromatic carbocycles. The zero-order valence-electron chi connectivity index (χ0n) is 12.4. The minimum Gasteiger partial charge on any atom is -0.494 e. The largest absolute Gasteiger partial charge is 0.494 e. The average molecular weight is 293 g/mol. The predicted molar refractivity (Wildman–Crippen MR) is 81.6 cm³/mol. The van der Waals surface area contributed by atoms with E-state index in [1.165, 1.54) is 12.8 Å². The SMILES string of the molecule is CCCCCCOc1cccc(NC(=O)CCC(=O)O)c1. The molecule has 0 aliphatic rings. The van der Waals surface area contributed by atoms with Crippen LogP contribution < -0.4 is 10.1 Å². The second-order valence-corrected chi connectivity index (χ2v) is 4.88. The fourth-order valence-electron chi connectivity index (χ4n) is 1.83. The lowest BCUT2D eigenvalue weighted by molar-refractivity contribution is -0.138. The first-order valence-corrected chi connectivity index (χ1v) is 7.36. The van der Waals surface area contributed by atoms with Gasteiger partial charge < -0.3 is 15.2 Å². The molecule has 21 heavy (non-hydrogen) atoms. The van der Waals surface area contributed by atoms with Gasteiger partial charge in [0.15, 0.2) is 0 Å². The summed E-state index contributed by atoms with van der Waals surface area (Å²) in [5.41, 5.74) is 0.622. The Bertz CT molecular complexity index is 459. The Morgan fingerprint density at radius 3 is 2.71 bits per heavy atom. The van der Waals surface area contributed by atoms with E-state index in [2.05, 4.69) is 12.2 Å². The van der Waals surface area contributed by atoms with Gasteiger partial charge in [-0.2, -0.15) is 0 Å². The van der Waals surface area contributed by atoms with Gasteiger partial charge in [0.1, 0.15) is 5.75 Å². The highest BCUT2D eigenvalue weighted by atomic mass is 16.5. The molecule has 0 aromatic heterocycles. The number of carboxylic acid groups (broad SMARTS) is 1. The normalized spacial score (nSPS) is 10.1. The number of rotatable bonds is 10. The third kappa shape index (κ3) is 7.97. The van der Waals surface area contributed by atoms with Gasteiger partial charge in [-0.15, -0.1) is 0 Å². The molecule has 0 heterocycles. The standard InChI is InChI=1S/C16H23NO4/c1-2-3-4-5-11-21-14-8-6-7-13(12-14)17-15(18)9-10-16(19)20/h6-8,12H,2-5,9-11H2,1H3,(H,17,18)(H,19,20). The Labute approximate surface area is 125 Å². The van der Waals surface area contributed by atoms with Gasteiger partial charge in [0.05, 0.1) is 13.0 Å². The number of amides is 1. The van der Waals surface area contributed by atoms with Gasteiger partial charge in [-0.3, -0.25) is 9.59 Å². The van der Waals surface area contributed by atoms with Crippen molar-refractivity contribution < 1.29 is 19.4 Å². The van der Waals surface area contributed by atoms with E-state index in [1.54, 1.807) is 18.2 Å². The molecule has 1 rings (SSSR count). The summed E-state index contributed by atoms with van der Waals surface area (Å²) >= 11 is 0. The van der Waals surface area contributed by atoms with Gasteiger partial charge >= 0.3 is 5.97 Å². The zero-order chi connectivity index (χ0) is 15.5. The maximum atomic E-state index is 11.5. The van der Waals surface area contributed by atoms with Crippen LogP contribution in [0, 0.1) is 0 Å². The Morgan fingerprint density at radius 2 is 2.00 bits per heavy atom. The molecule has 5 nitrogen and oxygen atoms in total. The van der Waals surface area contributed by atoms with Crippen molar-refractivity contribution in [1.29, 1.82) is 0 Å². The minimum absolute atomic E-state index is 0.0303. The van der Waals surface area contributed by atoms with E-state index < -0.39 is 5.97 Å². The van der Waals surface area contributed by atoms with Crippen molar-refractivity contribution >= 4 is 17.6 Å². The van der Waals surface area contributed by atoms with E-state index in [9.17, 15) is 9.59 Å². The van der Waals surface area contributed by atoms with Crippen molar-refractivity contribution in [2.45, 2.75) is 45.4 Å². The molecule has 116 valence electrons. The minimum atomic E-state index is -0.977. The molecule has 0 aliphatic carbocycles. The lowest BCUT2D eigenvalue weighted by atomic mass is 10.2. The van der Waals surface area contributed by atoms with Crippen molar-refractivity contribution in [2.75, 3.05) is 11.9 Å². The second kappa shape index (κ2) is 9.80. The molecule has 5 heteroatoms. The predicted octanol–water partition coefficient (Wildman–Crippen LogP) is 3.45. The van der Waals surface area contributed by atoms with Crippen LogP contribution in [0.1, 0.15) is 45.4 Å². The highest BCUT2D eigenvalue weighted by molar-refractivity contribution is 5.92. The Kier molecular flexibility index (Phi) is 7.94. The third-order valence-corrected chi connectivity index (χ3v) is 2.95. The first-order valence-electron chi connectivity index (χ1n) is 7.36. The summed E-state index contributed by atoms with van der Waals surface area (Å²) in [5, 5.41) is 11.2. The molecule has 1 amide bonds. The summed E-state index contributed by atoms with van der Waals surface area (Å²) in [6, 6.07) is 7.14. The maximum absolute atomic E-state index is 11.5. The summed E-state index contributed by atoms with van der Waals surface area (Å²) in [4.78, 5) is 21.9. The molecule has 0 fully saturated rings. The van der Waals surface area contributed by atoms with Crippen molar-refractivity contribution in [2.24, 2.45) is 0 Å². The van der Waals surface area contributed by atoms with Gasteiger partial charge in [-0.05, 0) is 18.6 Å². The van der Waals surface area contributed by atoms with Crippen LogP contribution >= 0.6 is 0 Å². The van der Waals surface area contributed by atoms with Gasteiger partial charge in [-0.1, -0.05) is 32.3 Å². The molecular weight excluding hydrogens is 270 g/mol. The smallest absolute Gasteiger partial charge is 0.303 e. The van der Waals surface area contributed by atoms with Crippen LogP contribution in [0.25, 0.3) is 0 Å². The molecular formula is C16H23NO4. The van der Waals surface area contributed by atoms with Gasteiger partial charge in [0.2, 0.25) is 5.91 Å². The zero-order valence-corrected chi connectivity index (χ0v) is 12.4. The van der Waals surface area contributed by atoms with Crippen molar-refractivity contribution in [3.05, 3.63) is 24.3 Å². The molecule has 0 unspecified atom stereocenters. The molecule has 0 aliphatic heterocycles. The van der Waals surface area contributed by atoms with Gasteiger partial charge in [0.25, 0.3) is 0 Å². The maximum Gasteiger partial charge on any atom is 0.303 e. The highest BCUT2D eigenvalue weighted by Gasteiger charge is 2.06. The van der Waals surface area contributed by atoms with Crippen LogP contribution in [0.3, 0.4) is 0 Å². The Hall–Kier alpha value is -2.04. The number of carbonyl (C=O) groups is 2. The highest BCUT2D eigenvalue weighted by Crippen LogP contribution is 2.18. The number of benzene rings is 1. The fraction of sp³-hybridized carbons (Fsp3) is 0.500. The lowest BCUT2D eigenvalue weighted by Gasteiger charge is -2.09. The first-order chi connectivity index (χ1) is 10.1. The number of unbranched alkanes of at least 4 members (excludes halogenated alkanes) is 3. The number of hydrogen-bond donors (Lipinski definition) is 2. The van der Waals surface area contributed by atoms with E-state index in [0.717, 1.165) is 12.8 Å². The molecule has 0 saturated carbocycles. The van der Waals surface area contributed by atoms with Crippen molar-refractivity contribution in [3.8, 4) is 5.75 Å². The topological polar surface area (TPSA) is 75.6 Å². The van der Waals surface area contributed by atoms with Crippen LogP contribution in [-0.4, -0.2) is 23.6 Å². The van der Waals surface area contributed by atoms with Crippen LogP contribution in [0.2, 0.25) is 0 Å². The number of hydrogen-bond acceptors (Lipinski definition) is 3. The Balaban J connectivity index is 2.37. The first kappa shape index (κ1) is 17.0. The van der Waals surface area contributed by atoms with Gasteiger partial charge in [-0.25, -0.2) is 0 Å². The van der Waals surface area contributed by atoms with Crippen molar-refractivity contribution in [1.82, 2.24) is 0 Å². The number of anilines is 1. The van der Waals surface area contributed by atoms with E-state index in [1.807, 2.05) is 6.07 Å². The van der Waals surface area contributed by atoms with Crippen LogP contribution in [0.4, 0.5) is 5.69 Å². The molecule has 1 aromatic rings. The summed E-state index contributed by atoms with van der Waals surface area (Å²) < 4.78 is 5.63. The Morgan fingerprint density at radius 1 is 1.19 bits per heavy atom. The van der Waals surface area contributed by atoms with E-state index >= 15 is 0 Å². The van der Waals surface area contributed by atoms with Crippen LogP contribution in [-0.2, 0) is 9.59 Å². The van der Waals surface area contributed by atoms with Crippen molar-refractivity contribution in [3.63, 3.8) is 0 Å². The summed E-state index contributed by atoms with van der Waals surface area (Å²) in [6.45, 7) is 2.83. The monoisotopic (exact) mass is 293 g/mol. The quantitative estimate of drug-likeness (QED) is 0.648. The number of aliphatic carboxylic acids is 1. The summed E-state index contributed by atoms with van der Waals surface area (Å²) in [5.74, 6) is -0.575. The number of carboxylic acids is 1. The summed E-state index contributed by atoms with van der Waals surface area (Å²) in [6.07, 6.45) is 4.38. The number of nitrogens with one attached hydrogen (secondary N) is 1. The third-order valence-electron chi connectivity index (χ3n) is 2.95. The molecule has 0 saturated heterocycles. The molecule has 2 N–H and O–H groups in total. The summed E-state index contributed by atoms with van der Waals surface area (Å²) in [7, 11) is 0. The van der Waals surface area contributed by atoms with E-state index in [-0.39, 0.29) is 18.7 Å². The van der Waals surface area contributed by atoms with E-state index in [0.29, 0.717) is 18.0 Å². The lowest BCUT2D eigenvalue weighted by Crippen LogP contribution is -2.13. The van der Waals surface area contributed by atoms with Crippen LogP contribution in [0.15, 0.2) is 24.3 Å². The molecule has 0 spiro atoms. The molecule has 0 bridgehead atoms.